The number of methoxy groups -OCH3 is 4. The maximum atomic E-state index is 11.9. The van der Waals surface area contributed by atoms with Gasteiger partial charge in [0.25, 0.3) is 23.6 Å². The van der Waals surface area contributed by atoms with Crippen molar-refractivity contribution in [2.24, 2.45) is 0 Å². The smallest absolute Gasteiger partial charge is 1.00 e. The van der Waals surface area contributed by atoms with Crippen molar-refractivity contribution in [3.63, 3.8) is 0 Å². The average Bonchev–Trinajstić information content (AvgIpc) is 0.850. The molecule has 0 unspecified atom stereocenters. The van der Waals surface area contributed by atoms with Crippen LogP contribution in [0.5, 0.6) is 0 Å². The van der Waals surface area contributed by atoms with Crippen molar-refractivity contribution in [3.8, 4) is 0 Å². The van der Waals surface area contributed by atoms with Gasteiger partial charge in [0.2, 0.25) is 23.8 Å². The number of anilines is 4. The zero-order valence-electron chi connectivity index (χ0n) is 46.7. The standard InChI is InChI=1S/4C13H11N3O3.2Ag.2F6P/c4*1-19-12(18)10-5-3-9(4-6-10)11(17)16-13-14-7-2-8-15-13;;;2*1-7(2,3,4,5)6/h4*2-8H,1H3,(H,14,15,16,17);;;;/q;;;;2*+1;2*-1. The molecule has 0 saturated carbocycles. The molecule has 8 rings (SSSR count). The molecular formula is C52H44Ag2F12N12O12P2. The van der Waals surface area contributed by atoms with Crippen molar-refractivity contribution in [1.29, 1.82) is 0 Å². The zero-order valence-corrected chi connectivity index (χ0v) is 51.4. The number of benzene rings is 4. The molecule has 0 radical (unpaired) electrons. The molecule has 24 nitrogen and oxygen atoms in total. The van der Waals surface area contributed by atoms with E-state index in [2.05, 4.69) is 80.1 Å². The molecule has 40 heteroatoms. The number of esters is 4. The Labute approximate surface area is 541 Å². The summed E-state index contributed by atoms with van der Waals surface area (Å²) in [4.78, 5) is 123. The maximum absolute atomic E-state index is 11.9. The largest absolute Gasteiger partial charge is 1.00 e. The first-order chi connectivity index (χ1) is 41.7. The first kappa shape index (κ1) is 80.5. The molecule has 0 saturated heterocycles. The van der Waals surface area contributed by atoms with Crippen LogP contribution in [0.1, 0.15) is 82.9 Å². The van der Waals surface area contributed by atoms with Crippen molar-refractivity contribution < 1.29 is 152 Å². The third kappa shape index (κ3) is 36.2. The Morgan fingerprint density at radius 1 is 0.272 bits per heavy atom. The number of aromatic nitrogens is 8. The van der Waals surface area contributed by atoms with Crippen molar-refractivity contribution in [3.05, 3.63) is 215 Å². The van der Waals surface area contributed by atoms with E-state index in [0.717, 1.165) is 0 Å². The number of halogens is 12. The number of amides is 4. The fraction of sp³-hybridized carbons (Fsp3) is 0.0769. The normalized spacial score (nSPS) is 11.6. The SMILES string of the molecule is COC(=O)c1ccc(C(=O)Nc2ncccn2)cc1.COC(=O)c1ccc(C(=O)Nc2ncccn2)cc1.COC(=O)c1ccc(C(=O)Nc2ncccn2)cc1.COC(=O)c1ccc(C(=O)Nc2ncccn2)cc1.F[P-](F)(F)(F)(F)F.F[P-](F)(F)(F)(F)F.[Ag+].[Ag+]. The summed E-state index contributed by atoms with van der Waals surface area (Å²) in [5.41, 5.74) is 3.15. The molecule has 0 spiro atoms. The van der Waals surface area contributed by atoms with Crippen molar-refractivity contribution in [1.82, 2.24) is 39.9 Å². The number of nitrogens with zero attached hydrogens (tertiary/aromatic N) is 8. The van der Waals surface area contributed by atoms with E-state index >= 15 is 0 Å². The molecule has 0 aliphatic rings. The summed E-state index contributed by atoms with van der Waals surface area (Å²) in [6.45, 7) is 0. The van der Waals surface area contributed by atoms with Gasteiger partial charge in [0.1, 0.15) is 0 Å². The van der Waals surface area contributed by atoms with Gasteiger partial charge in [-0.1, -0.05) is 0 Å². The Balaban J connectivity index is 0.000000569. The predicted molar refractivity (Wildman–Crippen MR) is 298 cm³/mol. The molecule has 92 heavy (non-hydrogen) atoms. The van der Waals surface area contributed by atoms with Crippen LogP contribution in [-0.4, -0.2) is 116 Å². The van der Waals surface area contributed by atoms with E-state index in [-0.39, 0.29) is 92.2 Å². The summed E-state index contributed by atoms with van der Waals surface area (Å²) in [6, 6.07) is 31.0. The van der Waals surface area contributed by atoms with Crippen LogP contribution >= 0.6 is 15.6 Å². The number of hydrogen-bond donors (Lipinski definition) is 4. The van der Waals surface area contributed by atoms with Gasteiger partial charge in [0.05, 0.1) is 50.7 Å². The van der Waals surface area contributed by atoms with E-state index in [4.69, 9.17) is 0 Å². The molecule has 500 valence electrons. The van der Waals surface area contributed by atoms with Gasteiger partial charge >= 0.3 is 135 Å². The summed E-state index contributed by atoms with van der Waals surface area (Å²) in [6.07, 6.45) is 12.2. The summed E-state index contributed by atoms with van der Waals surface area (Å²) in [5.74, 6) is -2.26. The maximum Gasteiger partial charge on any atom is 1.00 e. The fourth-order valence-electron chi connectivity index (χ4n) is 5.65. The van der Waals surface area contributed by atoms with Crippen LogP contribution in [0.4, 0.5) is 74.2 Å². The molecule has 4 aromatic carbocycles. The van der Waals surface area contributed by atoms with Crippen LogP contribution in [0, 0.1) is 0 Å². The summed E-state index contributed by atoms with van der Waals surface area (Å²) in [7, 11) is -16.1. The Kier molecular flexibility index (Phi) is 29.8. The summed E-state index contributed by atoms with van der Waals surface area (Å²) < 4.78 is 137. The van der Waals surface area contributed by atoms with Crippen LogP contribution < -0.4 is 21.3 Å². The Morgan fingerprint density at radius 3 is 0.511 bits per heavy atom. The van der Waals surface area contributed by atoms with E-state index in [9.17, 15) is 88.7 Å². The van der Waals surface area contributed by atoms with Gasteiger partial charge in [-0.15, -0.1) is 0 Å². The number of rotatable bonds is 12. The average molecular weight is 1530 g/mol. The second kappa shape index (κ2) is 34.0. The van der Waals surface area contributed by atoms with Gasteiger partial charge in [0.15, 0.2) is 0 Å². The van der Waals surface area contributed by atoms with E-state index in [1.165, 1.54) is 175 Å². The second-order valence-corrected chi connectivity index (χ2v) is 20.1. The van der Waals surface area contributed by atoms with Gasteiger partial charge in [-0.3, -0.25) is 40.4 Å². The number of carbonyl (C=O) groups is 8. The van der Waals surface area contributed by atoms with E-state index in [1.807, 2.05) is 0 Å². The molecule has 4 amide bonds. The van der Waals surface area contributed by atoms with Gasteiger partial charge in [0, 0.05) is 71.8 Å². The molecule has 0 aliphatic heterocycles. The van der Waals surface area contributed by atoms with Crippen molar-refractivity contribution in [2.45, 2.75) is 0 Å². The Bertz CT molecular complexity index is 3250. The van der Waals surface area contributed by atoms with Crippen LogP contribution in [0.3, 0.4) is 0 Å². The molecule has 4 heterocycles. The molecule has 0 fully saturated rings. The minimum absolute atomic E-state index is 0. The molecule has 4 aromatic heterocycles. The number of ether oxygens (including phenoxy) is 4. The van der Waals surface area contributed by atoms with Crippen molar-refractivity contribution >= 4 is 86.9 Å². The number of carbonyl (C=O) groups excluding carboxylic acids is 8. The van der Waals surface area contributed by atoms with Crippen LogP contribution in [0.15, 0.2) is 171 Å². The van der Waals surface area contributed by atoms with Crippen LogP contribution in [0.25, 0.3) is 0 Å². The third-order valence-electron chi connectivity index (χ3n) is 9.44. The van der Waals surface area contributed by atoms with E-state index in [0.29, 0.717) is 44.5 Å². The number of hydrogen-bond acceptors (Lipinski definition) is 20. The summed E-state index contributed by atoms with van der Waals surface area (Å²) >= 11 is 0. The minimum Gasteiger partial charge on any atom is 1.00 e. The first-order valence-corrected chi connectivity index (χ1v) is 28.0. The van der Waals surface area contributed by atoms with Gasteiger partial charge in [-0.2, -0.15) is 0 Å². The predicted octanol–water partition coefficient (Wildman–Crippen LogP) is 12.8. The van der Waals surface area contributed by atoms with Gasteiger partial charge in [-0.25, -0.2) is 59.0 Å². The molecule has 4 N–H and O–H groups in total. The monoisotopic (exact) mass is 1530 g/mol. The quantitative estimate of drug-likeness (QED) is 0.0290. The molecule has 8 aromatic rings. The van der Waals surface area contributed by atoms with Crippen LogP contribution in [-0.2, 0) is 63.7 Å². The first-order valence-electron chi connectivity index (χ1n) is 23.9. The Morgan fingerprint density at radius 2 is 0.391 bits per heavy atom. The Hall–Kier alpha value is -9.54. The fourth-order valence-corrected chi connectivity index (χ4v) is 5.65. The topological polar surface area (TPSA) is 325 Å². The third-order valence-corrected chi connectivity index (χ3v) is 9.44. The molecule has 0 aliphatic carbocycles. The van der Waals surface area contributed by atoms with Crippen molar-refractivity contribution in [2.75, 3.05) is 49.7 Å². The zero-order chi connectivity index (χ0) is 67.5. The summed E-state index contributed by atoms with van der Waals surface area (Å²) in [5, 5.41) is 10.2. The minimum atomic E-state index is -10.7. The van der Waals surface area contributed by atoms with E-state index < -0.39 is 39.5 Å². The molecule has 0 bridgehead atoms. The van der Waals surface area contributed by atoms with Crippen LogP contribution in [0.2, 0.25) is 0 Å². The van der Waals surface area contributed by atoms with Gasteiger partial charge in [-0.05, 0) is 121 Å². The van der Waals surface area contributed by atoms with Gasteiger partial charge < -0.3 is 18.9 Å². The molecule has 0 atom stereocenters. The second-order valence-electron chi connectivity index (χ2n) is 16.3. The number of nitrogens with one attached hydrogen (secondary N) is 4. The van der Waals surface area contributed by atoms with E-state index in [1.54, 1.807) is 24.3 Å². The molecular weight excluding hydrogens is 1490 g/mol.